The number of halogens is 8. The normalized spacial score (nSPS) is 15.7. The average molecular weight is 1200 g/mol. The Morgan fingerprint density at radius 2 is 0.857 bits per heavy atom. The van der Waals surface area contributed by atoms with Crippen LogP contribution in [-0.2, 0) is 12.8 Å². The van der Waals surface area contributed by atoms with Crippen LogP contribution in [0, 0.1) is 42.9 Å². The molecule has 8 heterocycles. The number of benzene rings is 5. The molecule has 5 aromatic carbocycles. The van der Waals surface area contributed by atoms with Crippen molar-refractivity contribution in [2.24, 2.45) is 0 Å². The van der Waals surface area contributed by atoms with Crippen LogP contribution in [0.2, 0.25) is 15.6 Å². The molecule has 84 heavy (non-hydrogen) atoms. The Hall–Kier alpha value is -8.52. The summed E-state index contributed by atoms with van der Waals surface area (Å²) in [6.45, 7) is 12.1. The largest absolute Gasteiger partial charge is 0.373 e. The van der Waals surface area contributed by atoms with Gasteiger partial charge in [-0.2, -0.15) is 4.98 Å². The zero-order chi connectivity index (χ0) is 59.1. The Balaban J connectivity index is 0.000000136. The van der Waals surface area contributed by atoms with E-state index in [1.807, 2.05) is 49.8 Å². The molecule has 1 N–H and O–H groups in total. The molecule has 5 aromatic heterocycles. The standard InChI is InChI=1S/C25H24F2N6.C24H20ClF2N5.C13H10Cl2FN3/c1-15-12-33(19-7-5-18(26)6-8-19)25-23(15)24(28-3)30-22(31-25)11-17-4-9-21(20(27)10-17)32-13-16(2)29-14-32;1-14-11-32(18-6-4-17(26)5-7-18)24-22(14)23(25)29-21(30-24)10-16-3-8-20(19(27)9-16)31-12-15(2)28-13-31;1-7-6-19(9-4-2-8(16)3-5-9)12-10(7)11(14)17-13(15)18-12/h4-10,13-15H,11-12H2,1-3H3,(H,28,30,31);3-9,12-14H,10-11H2,1-2H3;2-5,7H,6H2,1H3/t15-;14-;7-/m000/s1. The zero-order valence-electron chi connectivity index (χ0n) is 46.3. The summed E-state index contributed by atoms with van der Waals surface area (Å²) in [5, 5.41) is 4.08. The topological polar surface area (TPSA) is 135 Å². The lowest BCUT2D eigenvalue weighted by Gasteiger charge is -2.19. The van der Waals surface area contributed by atoms with Gasteiger partial charge in [-0.25, -0.2) is 56.8 Å². The van der Waals surface area contributed by atoms with Crippen molar-refractivity contribution in [3.63, 3.8) is 0 Å². The second-order valence-corrected chi connectivity index (χ2v) is 22.0. The highest BCUT2D eigenvalue weighted by Crippen LogP contribution is 2.45. The van der Waals surface area contributed by atoms with E-state index in [4.69, 9.17) is 49.8 Å². The summed E-state index contributed by atoms with van der Waals surface area (Å²) >= 11 is 18.5. The summed E-state index contributed by atoms with van der Waals surface area (Å²) in [6.07, 6.45) is 7.45. The maximum atomic E-state index is 14.8. The van der Waals surface area contributed by atoms with E-state index in [1.54, 1.807) is 82.7 Å². The number of hydrogen-bond donors (Lipinski definition) is 1. The highest BCUT2D eigenvalue weighted by molar-refractivity contribution is 6.33. The third kappa shape index (κ3) is 12.0. The summed E-state index contributed by atoms with van der Waals surface area (Å²) in [5.74, 6) is 3.08. The van der Waals surface area contributed by atoms with Gasteiger partial charge in [0.15, 0.2) is 0 Å². The minimum atomic E-state index is -0.353. The Kier molecular flexibility index (Phi) is 16.4. The zero-order valence-corrected chi connectivity index (χ0v) is 48.6. The van der Waals surface area contributed by atoms with Crippen molar-refractivity contribution in [2.45, 2.75) is 65.2 Å². The highest BCUT2D eigenvalue weighted by Gasteiger charge is 2.35. The first-order valence-electron chi connectivity index (χ1n) is 26.9. The van der Waals surface area contributed by atoms with E-state index in [1.165, 1.54) is 48.5 Å². The summed E-state index contributed by atoms with van der Waals surface area (Å²) in [7, 11) is 1.83. The van der Waals surface area contributed by atoms with Crippen LogP contribution < -0.4 is 20.0 Å². The van der Waals surface area contributed by atoms with Crippen LogP contribution in [0.1, 0.15) is 89.4 Å². The van der Waals surface area contributed by atoms with Crippen molar-refractivity contribution in [1.82, 2.24) is 49.0 Å². The van der Waals surface area contributed by atoms with E-state index >= 15 is 0 Å². The van der Waals surface area contributed by atoms with Gasteiger partial charge in [0, 0.05) is 103 Å². The van der Waals surface area contributed by atoms with Gasteiger partial charge in [0.1, 0.15) is 74.3 Å². The number of nitrogens with zero attached hydrogens (tertiary/aromatic N) is 13. The molecule has 10 aromatic rings. The van der Waals surface area contributed by atoms with Gasteiger partial charge in [-0.05, 0) is 134 Å². The van der Waals surface area contributed by atoms with E-state index < -0.39 is 0 Å². The molecule has 0 radical (unpaired) electrons. The average Bonchev–Trinajstić information content (AvgIpc) is 4.18. The first-order chi connectivity index (χ1) is 40.4. The highest BCUT2D eigenvalue weighted by atomic mass is 35.5. The Labute approximate surface area is 496 Å². The number of anilines is 7. The second-order valence-electron chi connectivity index (χ2n) is 20.9. The van der Waals surface area contributed by atoms with Crippen LogP contribution in [-0.4, -0.2) is 75.7 Å². The van der Waals surface area contributed by atoms with Gasteiger partial charge in [-0.1, -0.05) is 56.1 Å². The van der Waals surface area contributed by atoms with E-state index in [-0.39, 0.29) is 52.1 Å². The molecule has 0 amide bonds. The lowest BCUT2D eigenvalue weighted by molar-refractivity contribution is 0.615. The molecule has 0 saturated carbocycles. The van der Waals surface area contributed by atoms with Crippen molar-refractivity contribution in [2.75, 3.05) is 46.7 Å². The maximum absolute atomic E-state index is 14.8. The fraction of sp³-hybridized carbons (Fsp3) is 0.226. The van der Waals surface area contributed by atoms with Gasteiger partial charge in [0.2, 0.25) is 5.28 Å². The molecule has 428 valence electrons. The lowest BCUT2D eigenvalue weighted by atomic mass is 10.1. The molecule has 3 aliphatic heterocycles. The number of hydrogen-bond acceptors (Lipinski definition) is 12. The SMILES string of the molecule is CNc1nc(Cc2ccc(-n3cnc(C)c3)c(F)c2)nc2c1[C@@H](C)CN2c1ccc(F)cc1.C[C@H]1CN(c2ccc(F)cc2)c2nc(Cl)nc(Cl)c21.Cc1cn(-c2ccc(Cc3nc(Cl)c4c(n3)N(c3ccc(F)cc3)C[C@@H]4C)cc2F)cn1. The summed E-state index contributed by atoms with van der Waals surface area (Å²) in [5.41, 5.74) is 9.38. The predicted molar refractivity (Wildman–Crippen MR) is 318 cm³/mol. The van der Waals surface area contributed by atoms with Crippen molar-refractivity contribution in [1.29, 1.82) is 0 Å². The van der Waals surface area contributed by atoms with Gasteiger partial charge in [-0.3, -0.25) is 0 Å². The number of rotatable bonds is 10. The molecule has 0 spiro atoms. The number of imidazole rings is 2. The monoisotopic (exact) mass is 1190 g/mol. The van der Waals surface area contributed by atoms with E-state index in [0.29, 0.717) is 64.4 Å². The molecule has 14 nitrogen and oxygen atoms in total. The van der Waals surface area contributed by atoms with Crippen LogP contribution in [0.5, 0.6) is 0 Å². The number of fused-ring (bicyclic) bond motifs is 3. The van der Waals surface area contributed by atoms with Gasteiger partial charge in [0.25, 0.3) is 0 Å². The number of aromatic nitrogens is 10. The number of nitrogens with one attached hydrogen (secondary N) is 1. The van der Waals surface area contributed by atoms with E-state index in [2.05, 4.69) is 49.0 Å². The molecule has 0 aliphatic carbocycles. The van der Waals surface area contributed by atoms with Crippen molar-refractivity contribution >= 4 is 75.1 Å². The van der Waals surface area contributed by atoms with Gasteiger partial charge in [-0.15, -0.1) is 0 Å². The minimum absolute atomic E-state index is 0.116. The lowest BCUT2D eigenvalue weighted by Crippen LogP contribution is -2.16. The molecule has 3 atom stereocenters. The van der Waals surface area contributed by atoms with Crippen molar-refractivity contribution in [3.05, 3.63) is 230 Å². The summed E-state index contributed by atoms with van der Waals surface area (Å²) < 4.78 is 72.7. The molecule has 0 unspecified atom stereocenters. The smallest absolute Gasteiger partial charge is 0.225 e. The third-order valence-electron chi connectivity index (χ3n) is 14.7. The first-order valence-corrected chi connectivity index (χ1v) is 28.1. The molecule has 22 heteroatoms. The summed E-state index contributed by atoms with van der Waals surface area (Å²) in [4.78, 5) is 41.4. The predicted octanol–water partition coefficient (Wildman–Crippen LogP) is 15.1. The first kappa shape index (κ1) is 57.3. The molecule has 13 rings (SSSR count). The van der Waals surface area contributed by atoms with Crippen LogP contribution >= 0.6 is 34.8 Å². The van der Waals surface area contributed by atoms with Crippen LogP contribution in [0.15, 0.2) is 134 Å². The molecule has 0 saturated heterocycles. The maximum Gasteiger partial charge on any atom is 0.225 e. The Morgan fingerprint density at radius 3 is 1.25 bits per heavy atom. The third-order valence-corrected chi connectivity index (χ3v) is 15.5. The minimum Gasteiger partial charge on any atom is -0.373 e. The van der Waals surface area contributed by atoms with Crippen LogP contribution in [0.25, 0.3) is 11.4 Å². The molecular weight excluding hydrogens is 1140 g/mol. The molecular formula is C62H54Cl3F5N14. The molecule has 3 aliphatic rings. The van der Waals surface area contributed by atoms with Crippen LogP contribution in [0.3, 0.4) is 0 Å². The Morgan fingerprint density at radius 1 is 0.476 bits per heavy atom. The van der Waals surface area contributed by atoms with Crippen molar-refractivity contribution < 1.29 is 22.0 Å². The molecule has 0 bridgehead atoms. The van der Waals surface area contributed by atoms with Gasteiger partial charge >= 0.3 is 0 Å². The molecule has 0 fully saturated rings. The fourth-order valence-electron chi connectivity index (χ4n) is 10.8. The Bertz CT molecular complexity index is 4050. The fourth-order valence-corrected chi connectivity index (χ4v) is 11.7. The number of aryl methyl sites for hydroxylation is 2. The quantitative estimate of drug-likeness (QED) is 0.0793. The second kappa shape index (κ2) is 24.0. The van der Waals surface area contributed by atoms with Gasteiger partial charge in [0.05, 0.1) is 35.4 Å². The van der Waals surface area contributed by atoms with Crippen molar-refractivity contribution in [3.8, 4) is 11.4 Å². The summed E-state index contributed by atoms with van der Waals surface area (Å²) in [6, 6.07) is 29.1. The van der Waals surface area contributed by atoms with E-state index in [0.717, 1.165) is 81.0 Å². The van der Waals surface area contributed by atoms with E-state index in [9.17, 15) is 22.0 Å². The van der Waals surface area contributed by atoms with Gasteiger partial charge < -0.3 is 29.2 Å². The van der Waals surface area contributed by atoms with Crippen LogP contribution in [0.4, 0.5) is 62.3 Å².